The van der Waals surface area contributed by atoms with Crippen molar-refractivity contribution < 1.29 is 13.2 Å². The SMILES string of the molecule is CC(C)(C)NS(=O)(=O)c1cc(NC(=O)NCc2ccccc2)ccc1-c1cnc(N2CCC(N)CC2)s1. The van der Waals surface area contributed by atoms with Gasteiger partial charge in [0.2, 0.25) is 10.0 Å². The number of nitrogens with zero attached hydrogens (tertiary/aromatic N) is 2. The molecule has 0 atom stereocenters. The number of thiazole rings is 1. The molecule has 0 radical (unpaired) electrons. The van der Waals surface area contributed by atoms with Crippen LogP contribution in [0.1, 0.15) is 39.2 Å². The second-order valence-electron chi connectivity index (χ2n) is 10.2. The molecule has 1 aliphatic rings. The van der Waals surface area contributed by atoms with E-state index in [0.717, 1.165) is 41.5 Å². The molecule has 9 nitrogen and oxygen atoms in total. The van der Waals surface area contributed by atoms with Crippen molar-refractivity contribution in [2.75, 3.05) is 23.3 Å². The average Bonchev–Trinajstić information content (AvgIpc) is 3.32. The van der Waals surface area contributed by atoms with Crippen molar-refractivity contribution in [3.63, 3.8) is 0 Å². The van der Waals surface area contributed by atoms with Crippen LogP contribution in [0.15, 0.2) is 59.6 Å². The maximum Gasteiger partial charge on any atom is 0.319 e. The zero-order chi connectivity index (χ0) is 26.6. The van der Waals surface area contributed by atoms with E-state index in [1.54, 1.807) is 39.1 Å². The lowest BCUT2D eigenvalue weighted by atomic mass is 10.1. The number of benzene rings is 2. The van der Waals surface area contributed by atoms with Gasteiger partial charge in [-0.1, -0.05) is 47.7 Å². The second-order valence-corrected chi connectivity index (χ2v) is 12.9. The summed E-state index contributed by atoms with van der Waals surface area (Å²) in [6.07, 6.45) is 3.51. The lowest BCUT2D eigenvalue weighted by Gasteiger charge is -2.29. The van der Waals surface area contributed by atoms with E-state index < -0.39 is 21.6 Å². The molecule has 11 heteroatoms. The van der Waals surface area contributed by atoms with Crippen LogP contribution in [0.3, 0.4) is 0 Å². The minimum Gasteiger partial charge on any atom is -0.348 e. The Kier molecular flexibility index (Phi) is 8.17. The predicted molar refractivity (Wildman–Crippen MR) is 149 cm³/mol. The third-order valence-corrected chi connectivity index (χ3v) is 8.72. The number of carbonyl (C=O) groups is 1. The van der Waals surface area contributed by atoms with E-state index in [-0.39, 0.29) is 10.9 Å². The molecule has 2 heterocycles. The Labute approximate surface area is 222 Å². The molecule has 0 bridgehead atoms. The highest BCUT2D eigenvalue weighted by atomic mass is 32.2. The van der Waals surface area contributed by atoms with Gasteiger partial charge in [0, 0.05) is 48.7 Å². The van der Waals surface area contributed by atoms with Crippen molar-refractivity contribution in [3.05, 3.63) is 60.3 Å². The van der Waals surface area contributed by atoms with Crippen molar-refractivity contribution in [3.8, 4) is 10.4 Å². The molecule has 4 rings (SSSR count). The van der Waals surface area contributed by atoms with Crippen LogP contribution in [-0.4, -0.2) is 44.1 Å². The molecule has 1 aliphatic heterocycles. The number of nitrogens with two attached hydrogens (primary N) is 1. The number of hydrogen-bond acceptors (Lipinski definition) is 7. The Morgan fingerprint density at radius 2 is 1.84 bits per heavy atom. The van der Waals surface area contributed by atoms with Crippen molar-refractivity contribution in [2.45, 2.75) is 56.6 Å². The minimum absolute atomic E-state index is 0.0825. The number of sulfonamides is 1. The summed E-state index contributed by atoms with van der Waals surface area (Å²) in [5.41, 5.74) is 7.22. The molecule has 0 saturated carbocycles. The van der Waals surface area contributed by atoms with Crippen LogP contribution < -0.4 is 26.0 Å². The van der Waals surface area contributed by atoms with Gasteiger partial charge in [0.1, 0.15) is 0 Å². The fourth-order valence-electron chi connectivity index (χ4n) is 4.06. The largest absolute Gasteiger partial charge is 0.348 e. The summed E-state index contributed by atoms with van der Waals surface area (Å²) in [6, 6.07) is 14.2. The van der Waals surface area contributed by atoms with Gasteiger partial charge >= 0.3 is 6.03 Å². The van der Waals surface area contributed by atoms with Crippen molar-refractivity contribution in [1.29, 1.82) is 0 Å². The van der Waals surface area contributed by atoms with Crippen LogP contribution in [0.5, 0.6) is 0 Å². The molecule has 198 valence electrons. The highest BCUT2D eigenvalue weighted by molar-refractivity contribution is 7.89. The molecule has 0 spiro atoms. The molecule has 37 heavy (non-hydrogen) atoms. The van der Waals surface area contributed by atoms with E-state index in [9.17, 15) is 13.2 Å². The van der Waals surface area contributed by atoms with Crippen LogP contribution in [0.25, 0.3) is 10.4 Å². The van der Waals surface area contributed by atoms with Gasteiger partial charge in [0.25, 0.3) is 0 Å². The van der Waals surface area contributed by atoms with Gasteiger partial charge in [-0.3, -0.25) is 0 Å². The normalized spacial score (nSPS) is 15.0. The summed E-state index contributed by atoms with van der Waals surface area (Å²) in [5, 5.41) is 6.39. The molecule has 2 amide bonds. The number of aromatic nitrogens is 1. The standard InChI is InChI=1S/C26H34N6O3S2/c1-26(2,3)31-37(34,35)23-15-20(30-24(33)28-16-18-7-5-4-6-8-18)9-10-21(23)22-17-29-25(36-22)32-13-11-19(27)12-14-32/h4-10,15,17,19,31H,11-14,16,27H2,1-3H3,(H2,28,30,33). The van der Waals surface area contributed by atoms with Crippen LogP contribution in [0, 0.1) is 0 Å². The van der Waals surface area contributed by atoms with E-state index in [2.05, 4.69) is 25.2 Å². The molecular weight excluding hydrogens is 508 g/mol. The number of anilines is 2. The Balaban J connectivity index is 1.60. The second kappa shape index (κ2) is 11.2. The Hall–Kier alpha value is -2.99. The fraction of sp³-hybridized carbons (Fsp3) is 0.385. The van der Waals surface area contributed by atoms with E-state index in [1.807, 2.05) is 30.3 Å². The number of urea groups is 1. The van der Waals surface area contributed by atoms with Gasteiger partial charge in [-0.2, -0.15) is 0 Å². The summed E-state index contributed by atoms with van der Waals surface area (Å²) >= 11 is 1.45. The predicted octanol–water partition coefficient (Wildman–Crippen LogP) is 4.14. The number of carbonyl (C=O) groups excluding carboxylic acids is 1. The van der Waals surface area contributed by atoms with Crippen molar-refractivity contribution in [2.24, 2.45) is 5.73 Å². The number of hydrogen-bond donors (Lipinski definition) is 4. The number of rotatable bonds is 7. The summed E-state index contributed by atoms with van der Waals surface area (Å²) in [4.78, 5) is 20.1. The smallest absolute Gasteiger partial charge is 0.319 e. The van der Waals surface area contributed by atoms with Gasteiger partial charge < -0.3 is 21.3 Å². The Morgan fingerprint density at radius 3 is 2.51 bits per heavy atom. The van der Waals surface area contributed by atoms with Crippen molar-refractivity contribution >= 4 is 38.2 Å². The zero-order valence-electron chi connectivity index (χ0n) is 21.3. The maximum absolute atomic E-state index is 13.5. The first-order valence-electron chi connectivity index (χ1n) is 12.2. The highest BCUT2D eigenvalue weighted by Crippen LogP contribution is 2.37. The number of amides is 2. The Bertz CT molecular complexity index is 1330. The molecule has 0 unspecified atom stereocenters. The van der Waals surface area contributed by atoms with Gasteiger partial charge in [-0.05, 0) is 51.3 Å². The van der Waals surface area contributed by atoms with Crippen LogP contribution in [0.2, 0.25) is 0 Å². The van der Waals surface area contributed by atoms with E-state index in [0.29, 0.717) is 17.8 Å². The lowest BCUT2D eigenvalue weighted by molar-refractivity contribution is 0.251. The van der Waals surface area contributed by atoms with Crippen molar-refractivity contribution in [1.82, 2.24) is 15.0 Å². The van der Waals surface area contributed by atoms with E-state index in [4.69, 9.17) is 5.73 Å². The van der Waals surface area contributed by atoms with E-state index in [1.165, 1.54) is 17.4 Å². The van der Waals surface area contributed by atoms with E-state index >= 15 is 0 Å². The summed E-state index contributed by atoms with van der Waals surface area (Å²) < 4.78 is 29.6. The summed E-state index contributed by atoms with van der Waals surface area (Å²) in [6.45, 7) is 7.36. The lowest BCUT2D eigenvalue weighted by Crippen LogP contribution is -2.40. The van der Waals surface area contributed by atoms with Gasteiger partial charge in [-0.15, -0.1) is 0 Å². The molecule has 1 aromatic heterocycles. The minimum atomic E-state index is -3.91. The first kappa shape index (κ1) is 27.1. The van der Waals surface area contributed by atoms with Gasteiger partial charge in [-0.25, -0.2) is 22.9 Å². The molecule has 3 aromatic rings. The first-order valence-corrected chi connectivity index (χ1v) is 14.5. The zero-order valence-corrected chi connectivity index (χ0v) is 23.0. The first-order chi connectivity index (χ1) is 17.5. The number of piperidine rings is 1. The summed E-state index contributed by atoms with van der Waals surface area (Å²) in [7, 11) is -3.91. The quantitative estimate of drug-likeness (QED) is 0.355. The average molecular weight is 543 g/mol. The topological polar surface area (TPSA) is 129 Å². The number of nitrogens with one attached hydrogen (secondary N) is 3. The molecular formula is C26H34N6O3S2. The summed E-state index contributed by atoms with van der Waals surface area (Å²) in [5.74, 6) is 0. The van der Waals surface area contributed by atoms with Crippen LogP contribution in [0.4, 0.5) is 15.6 Å². The molecule has 1 fully saturated rings. The van der Waals surface area contributed by atoms with Gasteiger partial charge in [0.05, 0.1) is 9.77 Å². The maximum atomic E-state index is 13.5. The van der Waals surface area contributed by atoms with Crippen LogP contribution in [-0.2, 0) is 16.6 Å². The van der Waals surface area contributed by atoms with Gasteiger partial charge in [0.15, 0.2) is 5.13 Å². The third kappa shape index (κ3) is 7.29. The van der Waals surface area contributed by atoms with Crippen LogP contribution >= 0.6 is 11.3 Å². The molecule has 2 aromatic carbocycles. The monoisotopic (exact) mass is 542 g/mol. The highest BCUT2D eigenvalue weighted by Gasteiger charge is 2.27. The third-order valence-electron chi connectivity index (χ3n) is 5.83. The molecule has 5 N–H and O–H groups in total. The Morgan fingerprint density at radius 1 is 1.14 bits per heavy atom. The fourth-order valence-corrected chi connectivity index (χ4v) is 6.80. The molecule has 0 aliphatic carbocycles. The molecule has 1 saturated heterocycles.